The molecule has 1 spiro atoms. The highest BCUT2D eigenvalue weighted by molar-refractivity contribution is 5.89. The Hall–Kier alpha value is -2.45. The fourth-order valence-electron chi connectivity index (χ4n) is 3.55. The van der Waals surface area contributed by atoms with Gasteiger partial charge in [0.15, 0.2) is 18.5 Å². The molecule has 2 aliphatic rings. The molecule has 1 heterocycles. The van der Waals surface area contributed by atoms with Crippen molar-refractivity contribution in [3.05, 3.63) is 35.9 Å². The van der Waals surface area contributed by atoms with Crippen molar-refractivity contribution >= 4 is 17.9 Å². The van der Waals surface area contributed by atoms with Crippen molar-refractivity contribution in [1.29, 1.82) is 0 Å². The van der Waals surface area contributed by atoms with E-state index in [9.17, 15) is 14.4 Å². The van der Waals surface area contributed by atoms with Crippen LogP contribution >= 0.6 is 0 Å². The lowest BCUT2D eigenvalue weighted by Crippen LogP contribution is -2.62. The maximum atomic E-state index is 12.4. The van der Waals surface area contributed by atoms with E-state index < -0.39 is 48.1 Å². The molecule has 1 aliphatic heterocycles. The van der Waals surface area contributed by atoms with Gasteiger partial charge in [0, 0.05) is 21.0 Å². The first-order chi connectivity index (χ1) is 12.9. The van der Waals surface area contributed by atoms with Crippen LogP contribution < -0.4 is 0 Å². The predicted molar refractivity (Wildman–Crippen MR) is 90.6 cm³/mol. The van der Waals surface area contributed by atoms with Gasteiger partial charge in [-0.15, -0.1) is 0 Å². The normalized spacial score (nSPS) is 31.8. The number of rotatable bonds is 5. The Bertz CT molecular complexity index is 718. The minimum atomic E-state index is -1.11. The smallest absolute Gasteiger partial charge is 0.338 e. The van der Waals surface area contributed by atoms with Gasteiger partial charge in [-0.1, -0.05) is 18.2 Å². The Morgan fingerprint density at radius 1 is 1.04 bits per heavy atom. The first-order valence-electron chi connectivity index (χ1n) is 8.68. The highest BCUT2D eigenvalue weighted by Gasteiger charge is 2.68. The van der Waals surface area contributed by atoms with Crippen LogP contribution in [0, 0.1) is 0 Å². The highest BCUT2D eigenvalue weighted by atomic mass is 16.7. The maximum Gasteiger partial charge on any atom is 0.338 e. The molecule has 8 heteroatoms. The minimum absolute atomic E-state index is 0.404. The van der Waals surface area contributed by atoms with Crippen LogP contribution in [0.2, 0.25) is 0 Å². The number of carbonyl (C=O) groups excluding carboxylic acids is 3. The molecule has 0 amide bonds. The summed E-state index contributed by atoms with van der Waals surface area (Å²) in [6.45, 7) is 2.50. The van der Waals surface area contributed by atoms with Crippen LogP contribution in [-0.2, 0) is 33.3 Å². The van der Waals surface area contributed by atoms with Gasteiger partial charge in [-0.3, -0.25) is 9.59 Å². The zero-order valence-corrected chi connectivity index (χ0v) is 15.4. The minimum Gasteiger partial charge on any atom is -0.456 e. The highest BCUT2D eigenvalue weighted by Crippen LogP contribution is 2.50. The summed E-state index contributed by atoms with van der Waals surface area (Å²) in [5, 5.41) is 0. The molecule has 146 valence electrons. The van der Waals surface area contributed by atoms with E-state index in [-0.39, 0.29) is 0 Å². The van der Waals surface area contributed by atoms with Crippen LogP contribution in [-0.4, -0.2) is 55.2 Å². The molecule has 5 atom stereocenters. The molecule has 3 rings (SSSR count). The standard InChI is InChI=1S/C19H22O8/c1-11(20)24-15-16(25-12(2)21)19(27-18(15)23-3)10-9-14(19)26-17(22)13-7-5-4-6-8-13/h4-8,14-16,18H,9-10H2,1-3H3/t14-,15-,16?,18?,19+/m0/s1. The summed E-state index contributed by atoms with van der Waals surface area (Å²) in [4.78, 5) is 35.6. The average Bonchev–Trinajstić information content (AvgIpc) is 2.94. The van der Waals surface area contributed by atoms with Crippen molar-refractivity contribution in [3.63, 3.8) is 0 Å². The lowest BCUT2D eigenvalue weighted by atomic mass is 9.72. The summed E-state index contributed by atoms with van der Waals surface area (Å²) >= 11 is 0. The van der Waals surface area contributed by atoms with E-state index in [2.05, 4.69) is 0 Å². The van der Waals surface area contributed by atoms with E-state index in [0.717, 1.165) is 0 Å². The quantitative estimate of drug-likeness (QED) is 0.563. The van der Waals surface area contributed by atoms with Gasteiger partial charge in [-0.2, -0.15) is 0 Å². The number of hydrogen-bond donors (Lipinski definition) is 0. The van der Waals surface area contributed by atoms with Crippen LogP contribution in [0.1, 0.15) is 37.0 Å². The van der Waals surface area contributed by atoms with Gasteiger partial charge in [-0.05, 0) is 25.0 Å². The van der Waals surface area contributed by atoms with Crippen molar-refractivity contribution in [2.45, 2.75) is 56.9 Å². The van der Waals surface area contributed by atoms with Crippen LogP contribution in [0.4, 0.5) is 0 Å². The van der Waals surface area contributed by atoms with Crippen LogP contribution in [0.25, 0.3) is 0 Å². The first-order valence-corrected chi connectivity index (χ1v) is 8.68. The average molecular weight is 378 g/mol. The third-order valence-corrected chi connectivity index (χ3v) is 4.81. The van der Waals surface area contributed by atoms with E-state index >= 15 is 0 Å². The number of esters is 3. The molecule has 1 saturated carbocycles. The fourth-order valence-corrected chi connectivity index (χ4v) is 3.55. The molecule has 2 unspecified atom stereocenters. The molecular formula is C19H22O8. The summed E-state index contributed by atoms with van der Waals surface area (Å²) in [6.07, 6.45) is -2.49. The molecule has 1 aliphatic carbocycles. The zero-order valence-electron chi connectivity index (χ0n) is 15.4. The van der Waals surface area contributed by atoms with Crippen LogP contribution in [0.5, 0.6) is 0 Å². The molecule has 0 aromatic heterocycles. The number of ether oxygens (including phenoxy) is 5. The van der Waals surface area contributed by atoms with Gasteiger partial charge in [0.05, 0.1) is 5.56 Å². The van der Waals surface area contributed by atoms with Gasteiger partial charge in [0.25, 0.3) is 0 Å². The Balaban J connectivity index is 1.83. The third-order valence-electron chi connectivity index (χ3n) is 4.81. The van der Waals surface area contributed by atoms with Crippen molar-refractivity contribution < 1.29 is 38.1 Å². The Labute approximate surface area is 156 Å². The van der Waals surface area contributed by atoms with Gasteiger partial charge >= 0.3 is 17.9 Å². The Morgan fingerprint density at radius 3 is 2.22 bits per heavy atom. The molecule has 0 radical (unpaired) electrons. The van der Waals surface area contributed by atoms with E-state index in [1.807, 2.05) is 0 Å². The second-order valence-electron chi connectivity index (χ2n) is 6.58. The lowest BCUT2D eigenvalue weighted by molar-refractivity contribution is -0.245. The molecule has 27 heavy (non-hydrogen) atoms. The summed E-state index contributed by atoms with van der Waals surface area (Å²) in [5.74, 6) is -1.62. The van der Waals surface area contributed by atoms with Gasteiger partial charge in [0.2, 0.25) is 0 Å². The number of methoxy groups -OCH3 is 1. The Kier molecular flexibility index (Phi) is 5.48. The van der Waals surface area contributed by atoms with Crippen molar-refractivity contribution in [2.75, 3.05) is 7.11 Å². The second-order valence-corrected chi connectivity index (χ2v) is 6.58. The van der Waals surface area contributed by atoms with Crippen LogP contribution in [0.3, 0.4) is 0 Å². The zero-order chi connectivity index (χ0) is 19.6. The van der Waals surface area contributed by atoms with E-state index in [4.69, 9.17) is 23.7 Å². The van der Waals surface area contributed by atoms with E-state index in [1.165, 1.54) is 21.0 Å². The van der Waals surface area contributed by atoms with Gasteiger partial charge in [0.1, 0.15) is 11.7 Å². The van der Waals surface area contributed by atoms with Gasteiger partial charge in [-0.25, -0.2) is 4.79 Å². The molecule has 0 bridgehead atoms. The van der Waals surface area contributed by atoms with Crippen LogP contribution in [0.15, 0.2) is 30.3 Å². The summed E-state index contributed by atoms with van der Waals surface area (Å²) in [5.41, 5.74) is -0.710. The number of benzene rings is 1. The largest absolute Gasteiger partial charge is 0.456 e. The Morgan fingerprint density at radius 2 is 1.70 bits per heavy atom. The SMILES string of the molecule is COC1O[C@@]2(CC[C@@H]2OC(=O)c2ccccc2)C(OC(C)=O)[C@@H]1OC(C)=O. The molecular weight excluding hydrogens is 356 g/mol. The fraction of sp³-hybridized carbons (Fsp3) is 0.526. The van der Waals surface area contributed by atoms with E-state index in [0.29, 0.717) is 18.4 Å². The van der Waals surface area contributed by atoms with Crippen molar-refractivity contribution in [2.24, 2.45) is 0 Å². The predicted octanol–water partition coefficient (Wildman–Crippen LogP) is 1.61. The summed E-state index contributed by atoms with van der Waals surface area (Å²) in [7, 11) is 1.40. The first kappa shape index (κ1) is 19.3. The molecule has 2 fully saturated rings. The van der Waals surface area contributed by atoms with Crippen molar-refractivity contribution in [1.82, 2.24) is 0 Å². The second kappa shape index (κ2) is 7.66. The molecule has 1 aromatic rings. The third kappa shape index (κ3) is 3.68. The topological polar surface area (TPSA) is 97.4 Å². The monoisotopic (exact) mass is 378 g/mol. The summed E-state index contributed by atoms with van der Waals surface area (Å²) < 4.78 is 27.6. The molecule has 0 N–H and O–H groups in total. The lowest BCUT2D eigenvalue weighted by Gasteiger charge is -2.47. The molecule has 1 aromatic carbocycles. The molecule has 8 nitrogen and oxygen atoms in total. The number of hydrogen-bond acceptors (Lipinski definition) is 8. The number of carbonyl (C=O) groups is 3. The van der Waals surface area contributed by atoms with E-state index in [1.54, 1.807) is 30.3 Å². The van der Waals surface area contributed by atoms with Crippen molar-refractivity contribution in [3.8, 4) is 0 Å². The maximum absolute atomic E-state index is 12.4. The summed E-state index contributed by atoms with van der Waals surface area (Å²) in [6, 6.07) is 8.56. The molecule has 1 saturated heterocycles. The van der Waals surface area contributed by atoms with Gasteiger partial charge < -0.3 is 23.7 Å².